The number of ether oxygens (including phenoxy) is 1. The Morgan fingerprint density at radius 1 is 1.40 bits per heavy atom. The second-order valence-electron chi connectivity index (χ2n) is 5.29. The van der Waals surface area contributed by atoms with Crippen molar-refractivity contribution in [2.45, 2.75) is 32.2 Å². The third-order valence-corrected chi connectivity index (χ3v) is 3.76. The summed E-state index contributed by atoms with van der Waals surface area (Å²) in [5.41, 5.74) is 2.09. The van der Waals surface area contributed by atoms with Crippen LogP contribution in [0.2, 0.25) is 0 Å². The first-order valence-electron chi connectivity index (χ1n) is 7.33. The minimum Gasteiger partial charge on any atom is -0.481 e. The van der Waals surface area contributed by atoms with Crippen LogP contribution in [0.15, 0.2) is 24.3 Å². The maximum atomic E-state index is 11.4. The minimum absolute atomic E-state index is 0.421. The molecule has 1 aliphatic rings. The number of carboxylic acids is 1. The van der Waals surface area contributed by atoms with E-state index >= 15 is 0 Å². The van der Waals surface area contributed by atoms with Crippen molar-refractivity contribution in [1.29, 1.82) is 0 Å². The van der Waals surface area contributed by atoms with Gasteiger partial charge in [0.15, 0.2) is 0 Å². The summed E-state index contributed by atoms with van der Waals surface area (Å²) in [4.78, 5) is 13.6. The normalized spacial score (nSPS) is 18.8. The Balaban J connectivity index is 1.93. The van der Waals surface area contributed by atoms with E-state index in [0.29, 0.717) is 13.2 Å². The Morgan fingerprint density at radius 2 is 2.20 bits per heavy atom. The van der Waals surface area contributed by atoms with Gasteiger partial charge in [0.05, 0.1) is 12.5 Å². The van der Waals surface area contributed by atoms with Gasteiger partial charge in [-0.3, -0.25) is 9.69 Å². The highest BCUT2D eigenvalue weighted by Gasteiger charge is 2.29. The second kappa shape index (κ2) is 7.41. The molecule has 0 bridgehead atoms. The van der Waals surface area contributed by atoms with Gasteiger partial charge in [0.1, 0.15) is 0 Å². The van der Waals surface area contributed by atoms with Crippen LogP contribution in [0.3, 0.4) is 0 Å². The van der Waals surface area contributed by atoms with E-state index in [1.807, 2.05) is 24.3 Å². The maximum absolute atomic E-state index is 11.4. The predicted molar refractivity (Wildman–Crippen MR) is 77.8 cm³/mol. The molecule has 0 fully saturated rings. The monoisotopic (exact) mass is 277 g/mol. The molecule has 20 heavy (non-hydrogen) atoms. The molecule has 0 amide bonds. The SMILES string of the molecule is CCCCOCCN1Cc2ccccc2C(C(=O)O)C1. The molecule has 0 saturated carbocycles. The average Bonchev–Trinajstić information content (AvgIpc) is 2.46. The smallest absolute Gasteiger partial charge is 0.312 e. The molecule has 1 heterocycles. The largest absolute Gasteiger partial charge is 0.481 e. The number of carbonyl (C=O) groups is 1. The van der Waals surface area contributed by atoms with Gasteiger partial charge in [0.2, 0.25) is 0 Å². The van der Waals surface area contributed by atoms with E-state index < -0.39 is 11.9 Å². The summed E-state index contributed by atoms with van der Waals surface area (Å²) < 4.78 is 5.57. The van der Waals surface area contributed by atoms with Crippen molar-refractivity contribution in [3.63, 3.8) is 0 Å². The third kappa shape index (κ3) is 3.81. The Labute approximate surface area is 120 Å². The number of hydrogen-bond donors (Lipinski definition) is 1. The van der Waals surface area contributed by atoms with Crippen LogP contribution in [0, 0.1) is 0 Å². The average molecular weight is 277 g/mol. The van der Waals surface area contributed by atoms with Gasteiger partial charge >= 0.3 is 5.97 Å². The molecule has 110 valence electrons. The molecule has 1 atom stereocenters. The maximum Gasteiger partial charge on any atom is 0.312 e. The van der Waals surface area contributed by atoms with Crippen molar-refractivity contribution in [3.8, 4) is 0 Å². The molecule has 1 aliphatic heterocycles. The molecular formula is C16H23NO3. The van der Waals surface area contributed by atoms with Gasteiger partial charge in [-0.15, -0.1) is 0 Å². The van der Waals surface area contributed by atoms with Crippen molar-refractivity contribution >= 4 is 5.97 Å². The first-order valence-corrected chi connectivity index (χ1v) is 7.33. The number of unbranched alkanes of at least 4 members (excludes halogenated alkanes) is 1. The van der Waals surface area contributed by atoms with Gasteiger partial charge < -0.3 is 9.84 Å². The fourth-order valence-electron chi connectivity index (χ4n) is 2.60. The Kier molecular flexibility index (Phi) is 5.56. The molecule has 1 unspecified atom stereocenters. The number of aliphatic carboxylic acids is 1. The molecule has 1 aromatic rings. The molecule has 4 nitrogen and oxygen atoms in total. The van der Waals surface area contributed by atoms with Crippen LogP contribution < -0.4 is 0 Å². The molecule has 0 aromatic heterocycles. The van der Waals surface area contributed by atoms with Crippen LogP contribution >= 0.6 is 0 Å². The van der Waals surface area contributed by atoms with Gasteiger partial charge in [-0.1, -0.05) is 37.6 Å². The van der Waals surface area contributed by atoms with Gasteiger partial charge in [0, 0.05) is 26.2 Å². The Morgan fingerprint density at radius 3 is 2.95 bits per heavy atom. The van der Waals surface area contributed by atoms with Crippen LogP contribution in [-0.4, -0.2) is 42.3 Å². The van der Waals surface area contributed by atoms with Crippen LogP contribution in [0.5, 0.6) is 0 Å². The van der Waals surface area contributed by atoms with Crippen LogP contribution in [-0.2, 0) is 16.1 Å². The minimum atomic E-state index is -0.742. The lowest BCUT2D eigenvalue weighted by Crippen LogP contribution is -2.38. The van der Waals surface area contributed by atoms with E-state index in [0.717, 1.165) is 43.7 Å². The van der Waals surface area contributed by atoms with E-state index in [1.54, 1.807) is 0 Å². The van der Waals surface area contributed by atoms with E-state index in [2.05, 4.69) is 11.8 Å². The fraction of sp³-hybridized carbons (Fsp3) is 0.562. The number of fused-ring (bicyclic) bond motifs is 1. The molecule has 0 aliphatic carbocycles. The van der Waals surface area contributed by atoms with Crippen molar-refractivity contribution in [2.24, 2.45) is 0 Å². The lowest BCUT2D eigenvalue weighted by atomic mass is 9.90. The highest BCUT2D eigenvalue weighted by atomic mass is 16.5. The lowest BCUT2D eigenvalue weighted by Gasteiger charge is -2.32. The van der Waals surface area contributed by atoms with E-state index in [4.69, 9.17) is 4.74 Å². The standard InChI is InChI=1S/C16H23NO3/c1-2-3-9-20-10-8-17-11-13-6-4-5-7-14(13)15(12-17)16(18)19/h4-7,15H,2-3,8-12H2,1H3,(H,18,19). The quantitative estimate of drug-likeness (QED) is 0.778. The van der Waals surface area contributed by atoms with Gasteiger partial charge in [0.25, 0.3) is 0 Å². The number of carboxylic acid groups (broad SMARTS) is 1. The number of rotatable bonds is 7. The first-order chi connectivity index (χ1) is 9.72. The van der Waals surface area contributed by atoms with Gasteiger partial charge in [-0.05, 0) is 17.5 Å². The van der Waals surface area contributed by atoms with E-state index in [1.165, 1.54) is 0 Å². The zero-order valence-electron chi connectivity index (χ0n) is 12.0. The summed E-state index contributed by atoms with van der Waals surface area (Å²) in [7, 11) is 0. The van der Waals surface area contributed by atoms with Crippen LogP contribution in [0.4, 0.5) is 0 Å². The van der Waals surface area contributed by atoms with Crippen molar-refractivity contribution in [2.75, 3.05) is 26.3 Å². The summed E-state index contributed by atoms with van der Waals surface area (Å²) in [5.74, 6) is -1.16. The lowest BCUT2D eigenvalue weighted by molar-refractivity contribution is -0.139. The van der Waals surface area contributed by atoms with Gasteiger partial charge in [-0.25, -0.2) is 0 Å². The summed E-state index contributed by atoms with van der Waals surface area (Å²) in [5, 5.41) is 9.39. The highest BCUT2D eigenvalue weighted by Crippen LogP contribution is 2.28. The summed E-state index contributed by atoms with van der Waals surface area (Å²) in [6.45, 7) is 5.79. The molecule has 0 spiro atoms. The third-order valence-electron chi connectivity index (χ3n) is 3.76. The molecule has 4 heteroatoms. The zero-order valence-corrected chi connectivity index (χ0v) is 12.0. The zero-order chi connectivity index (χ0) is 14.4. The molecule has 1 N–H and O–H groups in total. The van der Waals surface area contributed by atoms with Crippen molar-refractivity contribution in [3.05, 3.63) is 35.4 Å². The van der Waals surface area contributed by atoms with Gasteiger partial charge in [-0.2, -0.15) is 0 Å². The molecular weight excluding hydrogens is 254 g/mol. The molecule has 1 aromatic carbocycles. The predicted octanol–water partition coefficient (Wildman–Crippen LogP) is 2.49. The fourth-order valence-corrected chi connectivity index (χ4v) is 2.60. The first kappa shape index (κ1) is 15.0. The van der Waals surface area contributed by atoms with Crippen LogP contribution in [0.1, 0.15) is 36.8 Å². The van der Waals surface area contributed by atoms with Crippen LogP contribution in [0.25, 0.3) is 0 Å². The summed E-state index contributed by atoms with van der Waals surface area (Å²) in [6, 6.07) is 7.84. The summed E-state index contributed by atoms with van der Waals surface area (Å²) in [6.07, 6.45) is 2.22. The summed E-state index contributed by atoms with van der Waals surface area (Å²) >= 11 is 0. The Bertz CT molecular complexity index is 447. The van der Waals surface area contributed by atoms with E-state index in [9.17, 15) is 9.90 Å². The highest BCUT2D eigenvalue weighted by molar-refractivity contribution is 5.77. The molecule has 0 radical (unpaired) electrons. The van der Waals surface area contributed by atoms with E-state index in [-0.39, 0.29) is 0 Å². The molecule has 0 saturated heterocycles. The number of hydrogen-bond acceptors (Lipinski definition) is 3. The molecule has 2 rings (SSSR count). The van der Waals surface area contributed by atoms with Crippen molar-refractivity contribution < 1.29 is 14.6 Å². The van der Waals surface area contributed by atoms with Crippen molar-refractivity contribution in [1.82, 2.24) is 4.90 Å². The number of nitrogens with zero attached hydrogens (tertiary/aromatic N) is 1. The number of benzene rings is 1. The topological polar surface area (TPSA) is 49.8 Å². The second-order valence-corrected chi connectivity index (χ2v) is 5.29. The Hall–Kier alpha value is -1.39.